The summed E-state index contributed by atoms with van der Waals surface area (Å²) in [6.45, 7) is 12.4. The molecule has 0 spiro atoms. The molecule has 2 atom stereocenters. The molecule has 0 aliphatic heterocycles. The monoisotopic (exact) mass is 225 g/mol. The molecular formula is C13H23NS. The number of aryl methyl sites for hydroxylation is 1. The summed E-state index contributed by atoms with van der Waals surface area (Å²) in [6.07, 6.45) is 0. The predicted molar refractivity (Wildman–Crippen MR) is 69.5 cm³/mol. The van der Waals surface area contributed by atoms with E-state index in [4.69, 9.17) is 0 Å². The van der Waals surface area contributed by atoms with Crippen LogP contribution in [-0.4, -0.2) is 6.54 Å². The molecule has 0 bridgehead atoms. The Morgan fingerprint density at radius 1 is 1.27 bits per heavy atom. The van der Waals surface area contributed by atoms with Crippen LogP contribution in [0.2, 0.25) is 0 Å². The summed E-state index contributed by atoms with van der Waals surface area (Å²) in [5.41, 5.74) is 1.41. The van der Waals surface area contributed by atoms with Crippen LogP contribution < -0.4 is 5.32 Å². The number of hydrogen-bond acceptors (Lipinski definition) is 2. The van der Waals surface area contributed by atoms with E-state index in [-0.39, 0.29) is 0 Å². The van der Waals surface area contributed by atoms with Crippen molar-refractivity contribution >= 4 is 11.3 Å². The van der Waals surface area contributed by atoms with Crippen LogP contribution in [0, 0.1) is 18.8 Å². The second-order valence-corrected chi connectivity index (χ2v) is 5.77. The largest absolute Gasteiger partial charge is 0.309 e. The van der Waals surface area contributed by atoms with Gasteiger partial charge in [0.2, 0.25) is 0 Å². The minimum atomic E-state index is 0.492. The van der Waals surface area contributed by atoms with E-state index in [0.717, 1.165) is 18.4 Å². The van der Waals surface area contributed by atoms with E-state index in [1.54, 1.807) is 0 Å². The quantitative estimate of drug-likeness (QED) is 0.798. The molecule has 0 aliphatic carbocycles. The van der Waals surface area contributed by atoms with Crippen LogP contribution in [0.1, 0.15) is 44.2 Å². The van der Waals surface area contributed by atoms with Gasteiger partial charge in [-0.15, -0.1) is 11.3 Å². The van der Waals surface area contributed by atoms with Crippen molar-refractivity contribution < 1.29 is 0 Å². The van der Waals surface area contributed by atoms with Gasteiger partial charge < -0.3 is 5.32 Å². The first-order chi connectivity index (χ1) is 7.02. The lowest BCUT2D eigenvalue weighted by Crippen LogP contribution is -2.26. The molecule has 1 aromatic rings. The Bertz CT molecular complexity index is 290. The maximum atomic E-state index is 3.62. The van der Waals surface area contributed by atoms with E-state index < -0.39 is 0 Å². The molecule has 0 fully saturated rings. The van der Waals surface area contributed by atoms with Crippen LogP contribution in [0.15, 0.2) is 11.4 Å². The minimum Gasteiger partial charge on any atom is -0.309 e. The van der Waals surface area contributed by atoms with Crippen molar-refractivity contribution in [3.8, 4) is 0 Å². The molecule has 2 heteroatoms. The molecule has 0 saturated carbocycles. The predicted octanol–water partition coefficient (Wildman–Crippen LogP) is 4.00. The van der Waals surface area contributed by atoms with Gasteiger partial charge in [-0.05, 0) is 49.2 Å². The van der Waals surface area contributed by atoms with E-state index in [1.165, 1.54) is 10.4 Å². The molecule has 1 aromatic heterocycles. The average molecular weight is 225 g/mol. The van der Waals surface area contributed by atoms with Crippen molar-refractivity contribution in [2.45, 2.75) is 40.7 Å². The highest BCUT2D eigenvalue weighted by Gasteiger charge is 2.12. The average Bonchev–Trinajstić information content (AvgIpc) is 2.60. The van der Waals surface area contributed by atoms with Crippen LogP contribution in [-0.2, 0) is 0 Å². The van der Waals surface area contributed by atoms with Crippen molar-refractivity contribution in [3.63, 3.8) is 0 Å². The highest BCUT2D eigenvalue weighted by atomic mass is 32.1. The third-order valence-corrected chi connectivity index (χ3v) is 4.38. The lowest BCUT2D eigenvalue weighted by molar-refractivity contribution is 0.376. The van der Waals surface area contributed by atoms with E-state index in [1.807, 2.05) is 11.3 Å². The molecule has 1 N–H and O–H groups in total. The highest BCUT2D eigenvalue weighted by molar-refractivity contribution is 7.10. The van der Waals surface area contributed by atoms with Crippen molar-refractivity contribution in [2.75, 3.05) is 6.54 Å². The maximum absolute atomic E-state index is 3.62. The molecule has 1 rings (SSSR count). The summed E-state index contributed by atoms with van der Waals surface area (Å²) in [5, 5.41) is 5.79. The fraction of sp³-hybridized carbons (Fsp3) is 0.692. The zero-order valence-electron chi connectivity index (χ0n) is 10.5. The van der Waals surface area contributed by atoms with Gasteiger partial charge in [-0.3, -0.25) is 0 Å². The van der Waals surface area contributed by atoms with Gasteiger partial charge in [-0.1, -0.05) is 20.8 Å². The first-order valence-corrected chi connectivity index (χ1v) is 6.67. The molecule has 86 valence electrons. The molecular weight excluding hydrogens is 202 g/mol. The zero-order chi connectivity index (χ0) is 11.4. The summed E-state index contributed by atoms with van der Waals surface area (Å²) in [4.78, 5) is 1.48. The fourth-order valence-corrected chi connectivity index (χ4v) is 2.48. The van der Waals surface area contributed by atoms with Crippen molar-refractivity contribution in [3.05, 3.63) is 21.9 Å². The van der Waals surface area contributed by atoms with E-state index in [9.17, 15) is 0 Å². The molecule has 0 saturated heterocycles. The van der Waals surface area contributed by atoms with Crippen molar-refractivity contribution in [1.29, 1.82) is 0 Å². The molecule has 0 aliphatic rings. The van der Waals surface area contributed by atoms with Gasteiger partial charge in [0.25, 0.3) is 0 Å². The summed E-state index contributed by atoms with van der Waals surface area (Å²) < 4.78 is 0. The Morgan fingerprint density at radius 3 is 2.40 bits per heavy atom. The molecule has 15 heavy (non-hydrogen) atoms. The zero-order valence-corrected chi connectivity index (χ0v) is 11.3. The Hall–Kier alpha value is -0.340. The normalized spacial score (nSPS) is 15.6. The molecule has 0 radical (unpaired) electrons. The summed E-state index contributed by atoms with van der Waals surface area (Å²) in [5.74, 6) is 1.50. The van der Waals surface area contributed by atoms with Gasteiger partial charge in [0.15, 0.2) is 0 Å². The standard InChI is InChI=1S/C13H23NS/c1-9(2)11(4)8-14-12(5)13-10(3)6-7-15-13/h6-7,9,11-12,14H,8H2,1-5H3. The highest BCUT2D eigenvalue weighted by Crippen LogP contribution is 2.23. The van der Waals surface area contributed by atoms with Gasteiger partial charge in [-0.2, -0.15) is 0 Å². The first-order valence-electron chi connectivity index (χ1n) is 5.79. The topological polar surface area (TPSA) is 12.0 Å². The third kappa shape index (κ3) is 3.62. The maximum Gasteiger partial charge on any atom is 0.0388 e. The Morgan fingerprint density at radius 2 is 1.93 bits per heavy atom. The molecule has 1 heterocycles. The summed E-state index contributed by atoms with van der Waals surface area (Å²) in [7, 11) is 0. The van der Waals surface area contributed by atoms with E-state index in [2.05, 4.69) is 51.4 Å². The minimum absolute atomic E-state index is 0.492. The molecule has 1 nitrogen and oxygen atoms in total. The van der Waals surface area contributed by atoms with Gasteiger partial charge in [0, 0.05) is 10.9 Å². The first kappa shape index (κ1) is 12.7. The van der Waals surface area contributed by atoms with E-state index in [0.29, 0.717) is 6.04 Å². The van der Waals surface area contributed by atoms with Crippen LogP contribution in [0.5, 0.6) is 0 Å². The Kier molecular flexibility index (Phi) is 4.81. The van der Waals surface area contributed by atoms with Crippen LogP contribution >= 0.6 is 11.3 Å². The van der Waals surface area contributed by atoms with Crippen molar-refractivity contribution in [1.82, 2.24) is 5.32 Å². The third-order valence-electron chi connectivity index (χ3n) is 3.18. The van der Waals surface area contributed by atoms with Crippen LogP contribution in [0.25, 0.3) is 0 Å². The second-order valence-electron chi connectivity index (χ2n) is 4.82. The van der Waals surface area contributed by atoms with Gasteiger partial charge >= 0.3 is 0 Å². The SMILES string of the molecule is Cc1ccsc1C(C)NCC(C)C(C)C. The fourth-order valence-electron chi connectivity index (χ4n) is 1.52. The van der Waals surface area contributed by atoms with Gasteiger partial charge in [0.05, 0.1) is 0 Å². The number of thiophene rings is 1. The lowest BCUT2D eigenvalue weighted by Gasteiger charge is -2.20. The van der Waals surface area contributed by atoms with Crippen molar-refractivity contribution in [2.24, 2.45) is 11.8 Å². The molecule has 0 amide bonds. The van der Waals surface area contributed by atoms with Crippen LogP contribution in [0.3, 0.4) is 0 Å². The molecule has 0 aromatic carbocycles. The number of nitrogens with one attached hydrogen (secondary N) is 1. The molecule has 2 unspecified atom stereocenters. The van der Waals surface area contributed by atoms with Gasteiger partial charge in [-0.25, -0.2) is 0 Å². The number of hydrogen-bond donors (Lipinski definition) is 1. The van der Waals surface area contributed by atoms with Gasteiger partial charge in [0.1, 0.15) is 0 Å². The second kappa shape index (κ2) is 5.66. The summed E-state index contributed by atoms with van der Waals surface area (Å²) in [6, 6.07) is 2.69. The smallest absolute Gasteiger partial charge is 0.0388 e. The van der Waals surface area contributed by atoms with E-state index >= 15 is 0 Å². The Labute approximate surface area is 97.9 Å². The number of rotatable bonds is 5. The van der Waals surface area contributed by atoms with Crippen LogP contribution in [0.4, 0.5) is 0 Å². The lowest BCUT2D eigenvalue weighted by atomic mass is 9.98. The Balaban J connectivity index is 2.43. The summed E-state index contributed by atoms with van der Waals surface area (Å²) >= 11 is 1.86.